The zero-order valence-electron chi connectivity index (χ0n) is 8.28. The molecule has 0 aromatic heterocycles. The molecule has 0 aromatic rings. The number of hydrogen-bond acceptors (Lipinski definition) is 1. The number of allylic oxidation sites excluding steroid dienone is 1. The molecule has 0 amide bonds. The summed E-state index contributed by atoms with van der Waals surface area (Å²) in [6.45, 7) is 11.7. The van der Waals surface area contributed by atoms with Crippen molar-refractivity contribution in [2.24, 2.45) is 11.3 Å². The fraction of sp³-hybridized carbons (Fsp3) is 0.800. The molecule has 1 nitrogen and oxygen atoms in total. The minimum Gasteiger partial charge on any atom is -0.320 e. The Balaban J connectivity index is 3.99. The number of hydrogen-bond donors (Lipinski definition) is 1. The van der Waals surface area contributed by atoms with Crippen LogP contribution < -0.4 is 5.32 Å². The topological polar surface area (TPSA) is 12.0 Å². The van der Waals surface area contributed by atoms with Gasteiger partial charge in [-0.05, 0) is 31.3 Å². The quantitative estimate of drug-likeness (QED) is 0.601. The van der Waals surface area contributed by atoms with Gasteiger partial charge < -0.3 is 5.32 Å². The molecule has 0 aliphatic rings. The van der Waals surface area contributed by atoms with Crippen LogP contribution in [-0.4, -0.2) is 13.6 Å². The van der Waals surface area contributed by atoms with Crippen LogP contribution in [0.1, 0.15) is 27.2 Å². The first-order chi connectivity index (χ1) is 5.06. The Labute approximate surface area is 70.9 Å². The van der Waals surface area contributed by atoms with Crippen molar-refractivity contribution in [3.05, 3.63) is 12.7 Å². The van der Waals surface area contributed by atoms with Gasteiger partial charge in [-0.3, -0.25) is 0 Å². The summed E-state index contributed by atoms with van der Waals surface area (Å²) in [5, 5.41) is 3.16. The first-order valence-corrected chi connectivity index (χ1v) is 4.35. The van der Waals surface area contributed by atoms with Crippen molar-refractivity contribution in [1.29, 1.82) is 0 Å². The summed E-state index contributed by atoms with van der Waals surface area (Å²) in [7, 11) is 1.99. The van der Waals surface area contributed by atoms with E-state index in [9.17, 15) is 0 Å². The number of rotatable bonds is 5. The van der Waals surface area contributed by atoms with Crippen molar-refractivity contribution in [1.82, 2.24) is 5.32 Å². The average molecular weight is 155 g/mol. The maximum atomic E-state index is 3.88. The highest BCUT2D eigenvalue weighted by molar-refractivity contribution is 4.93. The molecule has 11 heavy (non-hydrogen) atoms. The van der Waals surface area contributed by atoms with Gasteiger partial charge in [0.1, 0.15) is 0 Å². The van der Waals surface area contributed by atoms with Crippen LogP contribution in [0.15, 0.2) is 12.7 Å². The molecule has 0 fully saturated rings. The summed E-state index contributed by atoms with van der Waals surface area (Å²) in [6, 6.07) is 0. The smallest absolute Gasteiger partial charge is 0.00436 e. The van der Waals surface area contributed by atoms with Gasteiger partial charge in [-0.25, -0.2) is 0 Å². The van der Waals surface area contributed by atoms with Gasteiger partial charge in [0.05, 0.1) is 0 Å². The maximum absolute atomic E-state index is 3.88. The van der Waals surface area contributed by atoms with Crippen molar-refractivity contribution in [2.75, 3.05) is 13.6 Å². The average Bonchev–Trinajstić information content (AvgIpc) is 2.00. The second kappa shape index (κ2) is 4.55. The standard InChI is InChI=1S/C10H21N/c1-6-10(4,9(2)3)7-8-11-5/h6,9,11H,1,7-8H2,2-5H3. The Morgan fingerprint density at radius 2 is 2.09 bits per heavy atom. The van der Waals surface area contributed by atoms with E-state index in [0.29, 0.717) is 11.3 Å². The largest absolute Gasteiger partial charge is 0.320 e. The van der Waals surface area contributed by atoms with E-state index in [1.54, 1.807) is 0 Å². The highest BCUT2D eigenvalue weighted by Crippen LogP contribution is 2.31. The summed E-state index contributed by atoms with van der Waals surface area (Å²) < 4.78 is 0. The molecule has 0 aliphatic carbocycles. The van der Waals surface area contributed by atoms with Gasteiger partial charge in [0, 0.05) is 0 Å². The van der Waals surface area contributed by atoms with Crippen molar-refractivity contribution >= 4 is 0 Å². The second-order valence-corrected chi connectivity index (χ2v) is 3.72. The lowest BCUT2D eigenvalue weighted by Gasteiger charge is -2.30. The zero-order chi connectivity index (χ0) is 8.91. The Hall–Kier alpha value is -0.300. The second-order valence-electron chi connectivity index (χ2n) is 3.72. The van der Waals surface area contributed by atoms with Crippen LogP contribution in [0.4, 0.5) is 0 Å². The lowest BCUT2D eigenvalue weighted by molar-refractivity contribution is 0.274. The van der Waals surface area contributed by atoms with E-state index in [1.807, 2.05) is 7.05 Å². The van der Waals surface area contributed by atoms with Crippen molar-refractivity contribution < 1.29 is 0 Å². The van der Waals surface area contributed by atoms with E-state index in [0.717, 1.165) is 6.54 Å². The Morgan fingerprint density at radius 1 is 1.55 bits per heavy atom. The normalized spacial score (nSPS) is 16.5. The van der Waals surface area contributed by atoms with Gasteiger partial charge in [0.25, 0.3) is 0 Å². The van der Waals surface area contributed by atoms with E-state index in [2.05, 4.69) is 38.7 Å². The minimum absolute atomic E-state index is 0.295. The predicted octanol–water partition coefficient (Wildman–Crippen LogP) is 2.44. The molecule has 0 heterocycles. The first kappa shape index (κ1) is 10.7. The predicted molar refractivity (Wildman–Crippen MR) is 51.7 cm³/mol. The summed E-state index contributed by atoms with van der Waals surface area (Å²) >= 11 is 0. The molecule has 0 aliphatic heterocycles. The van der Waals surface area contributed by atoms with E-state index < -0.39 is 0 Å². The molecule has 0 aromatic carbocycles. The third-order valence-electron chi connectivity index (χ3n) is 2.70. The number of nitrogens with one attached hydrogen (secondary N) is 1. The zero-order valence-corrected chi connectivity index (χ0v) is 8.28. The van der Waals surface area contributed by atoms with E-state index in [1.165, 1.54) is 6.42 Å². The lowest BCUT2D eigenvalue weighted by atomic mass is 9.76. The third-order valence-corrected chi connectivity index (χ3v) is 2.70. The van der Waals surface area contributed by atoms with Crippen LogP contribution in [0.5, 0.6) is 0 Å². The molecular formula is C10H21N. The van der Waals surface area contributed by atoms with E-state index >= 15 is 0 Å². The highest BCUT2D eigenvalue weighted by atomic mass is 14.8. The van der Waals surface area contributed by atoms with Crippen molar-refractivity contribution in [3.63, 3.8) is 0 Å². The fourth-order valence-corrected chi connectivity index (χ4v) is 1.02. The lowest BCUT2D eigenvalue weighted by Crippen LogP contribution is -2.25. The van der Waals surface area contributed by atoms with Gasteiger partial charge in [0.15, 0.2) is 0 Å². The molecule has 0 rings (SSSR count). The molecule has 66 valence electrons. The molecule has 1 unspecified atom stereocenters. The Morgan fingerprint density at radius 3 is 2.36 bits per heavy atom. The van der Waals surface area contributed by atoms with Gasteiger partial charge in [-0.1, -0.05) is 26.8 Å². The highest BCUT2D eigenvalue weighted by Gasteiger charge is 2.23. The molecule has 0 saturated carbocycles. The summed E-state index contributed by atoms with van der Waals surface area (Å²) in [4.78, 5) is 0. The summed E-state index contributed by atoms with van der Waals surface area (Å²) in [5.74, 6) is 0.674. The fourth-order valence-electron chi connectivity index (χ4n) is 1.02. The minimum atomic E-state index is 0.295. The van der Waals surface area contributed by atoms with Crippen LogP contribution >= 0.6 is 0 Å². The van der Waals surface area contributed by atoms with Gasteiger partial charge in [-0.15, -0.1) is 6.58 Å². The molecule has 0 saturated heterocycles. The third kappa shape index (κ3) is 3.06. The first-order valence-electron chi connectivity index (χ1n) is 4.35. The monoisotopic (exact) mass is 155 g/mol. The van der Waals surface area contributed by atoms with E-state index in [-0.39, 0.29) is 0 Å². The van der Waals surface area contributed by atoms with Crippen molar-refractivity contribution in [3.8, 4) is 0 Å². The molecule has 0 bridgehead atoms. The van der Waals surface area contributed by atoms with Gasteiger partial charge in [-0.2, -0.15) is 0 Å². The van der Waals surface area contributed by atoms with Gasteiger partial charge >= 0.3 is 0 Å². The van der Waals surface area contributed by atoms with Crippen LogP contribution in [0.3, 0.4) is 0 Å². The SMILES string of the molecule is C=CC(C)(CCNC)C(C)C. The summed E-state index contributed by atoms with van der Waals surface area (Å²) in [5.41, 5.74) is 0.295. The molecule has 0 spiro atoms. The molecular weight excluding hydrogens is 134 g/mol. The maximum Gasteiger partial charge on any atom is -0.00436 e. The van der Waals surface area contributed by atoms with Crippen LogP contribution in [0, 0.1) is 11.3 Å². The van der Waals surface area contributed by atoms with E-state index in [4.69, 9.17) is 0 Å². The van der Waals surface area contributed by atoms with Crippen molar-refractivity contribution in [2.45, 2.75) is 27.2 Å². The molecule has 1 heteroatoms. The van der Waals surface area contributed by atoms with Crippen LogP contribution in [-0.2, 0) is 0 Å². The molecule has 1 N–H and O–H groups in total. The van der Waals surface area contributed by atoms with Gasteiger partial charge in [0.2, 0.25) is 0 Å². The molecule has 1 atom stereocenters. The van der Waals surface area contributed by atoms with Crippen LogP contribution in [0.2, 0.25) is 0 Å². The Kier molecular flexibility index (Phi) is 4.43. The Bertz CT molecular complexity index is 118. The molecule has 0 radical (unpaired) electrons. The summed E-state index contributed by atoms with van der Waals surface area (Å²) in [6.07, 6.45) is 3.25. The van der Waals surface area contributed by atoms with Crippen LogP contribution in [0.25, 0.3) is 0 Å².